The Morgan fingerprint density at radius 2 is 2.00 bits per heavy atom. The van der Waals surface area contributed by atoms with Crippen molar-refractivity contribution < 1.29 is 0 Å². The normalized spacial score (nSPS) is 23.5. The average Bonchev–Trinajstić information content (AvgIpc) is 2.33. The molecule has 1 fully saturated rings. The number of likely N-dealkylation sites (N-methyl/N-ethyl adjacent to an activating group) is 2. The van der Waals surface area contributed by atoms with E-state index in [0.717, 1.165) is 26.1 Å². The quantitative estimate of drug-likeness (QED) is 0.902. The Labute approximate surface area is 117 Å². The van der Waals surface area contributed by atoms with Crippen LogP contribution in [-0.4, -0.2) is 49.6 Å². The van der Waals surface area contributed by atoms with Gasteiger partial charge in [0, 0.05) is 31.7 Å². The van der Waals surface area contributed by atoms with E-state index in [-0.39, 0.29) is 6.04 Å². The lowest BCUT2D eigenvalue weighted by Crippen LogP contribution is -2.50. The molecule has 0 bridgehead atoms. The van der Waals surface area contributed by atoms with Crippen LogP contribution in [0.25, 0.3) is 0 Å². The van der Waals surface area contributed by atoms with Crippen molar-refractivity contribution in [1.29, 1.82) is 0 Å². The molecule has 0 saturated carbocycles. The molecule has 1 aromatic carbocycles. The summed E-state index contributed by atoms with van der Waals surface area (Å²) in [5.74, 6) is 0. The number of nitrogens with two attached hydrogens (primary N) is 1. The van der Waals surface area contributed by atoms with E-state index in [4.69, 9.17) is 5.73 Å². The van der Waals surface area contributed by atoms with E-state index >= 15 is 0 Å². The largest absolute Gasteiger partial charge is 0.324 e. The molecule has 2 N–H and O–H groups in total. The van der Waals surface area contributed by atoms with E-state index in [1.807, 2.05) is 0 Å². The lowest BCUT2D eigenvalue weighted by molar-refractivity contribution is 0.104. The lowest BCUT2D eigenvalue weighted by Gasteiger charge is -2.39. The summed E-state index contributed by atoms with van der Waals surface area (Å²) in [6, 6.07) is 7.29. The minimum Gasteiger partial charge on any atom is -0.324 e. The number of benzene rings is 1. The van der Waals surface area contributed by atoms with Crippen LogP contribution in [-0.2, 0) is 0 Å². The van der Waals surface area contributed by atoms with Crippen molar-refractivity contribution in [2.24, 2.45) is 5.73 Å². The van der Waals surface area contributed by atoms with Gasteiger partial charge < -0.3 is 15.5 Å². The molecule has 2 rings (SSSR count). The van der Waals surface area contributed by atoms with E-state index < -0.39 is 0 Å². The standard InChI is InChI=1S/C16H27N3/c1-12-5-6-15(13(2)9-12)16(17)10-14-11-18(3)7-8-19(14)4/h5-6,9,14,16H,7-8,10-11,17H2,1-4H3. The highest BCUT2D eigenvalue weighted by Crippen LogP contribution is 2.23. The first-order valence-corrected chi connectivity index (χ1v) is 7.19. The first-order valence-electron chi connectivity index (χ1n) is 7.19. The van der Waals surface area contributed by atoms with Gasteiger partial charge >= 0.3 is 0 Å². The number of aryl methyl sites for hydroxylation is 2. The molecule has 0 spiro atoms. The van der Waals surface area contributed by atoms with Crippen molar-refractivity contribution >= 4 is 0 Å². The molecule has 2 unspecified atom stereocenters. The fourth-order valence-corrected chi connectivity index (χ4v) is 3.02. The van der Waals surface area contributed by atoms with E-state index in [2.05, 4.69) is 55.9 Å². The molecule has 0 aromatic heterocycles. The molecule has 1 aromatic rings. The average molecular weight is 261 g/mol. The third kappa shape index (κ3) is 3.56. The molecule has 19 heavy (non-hydrogen) atoms. The molecule has 3 heteroatoms. The molecule has 1 aliphatic heterocycles. The van der Waals surface area contributed by atoms with Crippen LogP contribution in [0, 0.1) is 13.8 Å². The highest BCUT2D eigenvalue weighted by molar-refractivity contribution is 5.32. The van der Waals surface area contributed by atoms with Crippen LogP contribution in [0.4, 0.5) is 0 Å². The maximum absolute atomic E-state index is 6.44. The van der Waals surface area contributed by atoms with Crippen LogP contribution < -0.4 is 5.73 Å². The molecule has 1 heterocycles. The van der Waals surface area contributed by atoms with Gasteiger partial charge in [-0.2, -0.15) is 0 Å². The van der Waals surface area contributed by atoms with Gasteiger partial charge in [0.2, 0.25) is 0 Å². The van der Waals surface area contributed by atoms with Gasteiger partial charge in [-0.15, -0.1) is 0 Å². The smallest absolute Gasteiger partial charge is 0.0312 e. The van der Waals surface area contributed by atoms with Crippen LogP contribution in [0.2, 0.25) is 0 Å². The van der Waals surface area contributed by atoms with E-state index in [9.17, 15) is 0 Å². The highest BCUT2D eigenvalue weighted by Gasteiger charge is 2.24. The lowest BCUT2D eigenvalue weighted by atomic mass is 9.94. The predicted octanol–water partition coefficient (Wildman–Crippen LogP) is 1.94. The second-order valence-electron chi connectivity index (χ2n) is 6.10. The molecule has 0 amide bonds. The van der Waals surface area contributed by atoms with Crippen molar-refractivity contribution in [3.63, 3.8) is 0 Å². The SMILES string of the molecule is Cc1ccc(C(N)CC2CN(C)CCN2C)c(C)c1. The zero-order valence-corrected chi connectivity index (χ0v) is 12.7. The van der Waals surface area contributed by atoms with Crippen LogP contribution in [0.5, 0.6) is 0 Å². The minimum absolute atomic E-state index is 0.138. The Hall–Kier alpha value is -0.900. The molecular formula is C16H27N3. The van der Waals surface area contributed by atoms with Crippen LogP contribution in [0.1, 0.15) is 29.2 Å². The van der Waals surface area contributed by atoms with Crippen molar-refractivity contribution in [2.75, 3.05) is 33.7 Å². The summed E-state index contributed by atoms with van der Waals surface area (Å²) in [7, 11) is 4.41. The second kappa shape index (κ2) is 6.04. The van der Waals surface area contributed by atoms with Crippen molar-refractivity contribution in [2.45, 2.75) is 32.4 Å². The zero-order valence-electron chi connectivity index (χ0n) is 12.7. The number of hydrogen-bond donors (Lipinski definition) is 1. The fourth-order valence-electron chi connectivity index (χ4n) is 3.02. The number of nitrogens with zero attached hydrogens (tertiary/aromatic N) is 2. The first-order chi connectivity index (χ1) is 8.97. The van der Waals surface area contributed by atoms with Crippen molar-refractivity contribution in [3.8, 4) is 0 Å². The Morgan fingerprint density at radius 1 is 1.26 bits per heavy atom. The Balaban J connectivity index is 2.05. The van der Waals surface area contributed by atoms with Gasteiger partial charge in [0.05, 0.1) is 0 Å². The molecule has 3 nitrogen and oxygen atoms in total. The van der Waals surface area contributed by atoms with Crippen LogP contribution in [0.15, 0.2) is 18.2 Å². The summed E-state index contributed by atoms with van der Waals surface area (Å²) in [5.41, 5.74) is 10.4. The fraction of sp³-hybridized carbons (Fsp3) is 0.625. The summed E-state index contributed by atoms with van der Waals surface area (Å²) >= 11 is 0. The zero-order chi connectivity index (χ0) is 14.0. The number of hydrogen-bond acceptors (Lipinski definition) is 3. The monoisotopic (exact) mass is 261 g/mol. The van der Waals surface area contributed by atoms with E-state index in [0.29, 0.717) is 6.04 Å². The van der Waals surface area contributed by atoms with Crippen LogP contribution in [0.3, 0.4) is 0 Å². The highest BCUT2D eigenvalue weighted by atomic mass is 15.3. The summed E-state index contributed by atoms with van der Waals surface area (Å²) in [4.78, 5) is 4.85. The summed E-state index contributed by atoms with van der Waals surface area (Å²) in [5, 5.41) is 0. The molecule has 2 atom stereocenters. The molecule has 0 aliphatic carbocycles. The van der Waals surface area contributed by atoms with Gasteiger partial charge in [0.15, 0.2) is 0 Å². The molecule has 106 valence electrons. The molecule has 1 saturated heterocycles. The maximum atomic E-state index is 6.44. The molecule has 0 radical (unpaired) electrons. The third-order valence-corrected chi connectivity index (χ3v) is 4.33. The van der Waals surface area contributed by atoms with Crippen molar-refractivity contribution in [3.05, 3.63) is 34.9 Å². The summed E-state index contributed by atoms with van der Waals surface area (Å²) < 4.78 is 0. The molecular weight excluding hydrogens is 234 g/mol. The van der Waals surface area contributed by atoms with Gasteiger partial charge in [0.1, 0.15) is 0 Å². The Kier molecular flexibility index (Phi) is 4.61. The third-order valence-electron chi connectivity index (χ3n) is 4.33. The maximum Gasteiger partial charge on any atom is 0.0312 e. The Morgan fingerprint density at radius 3 is 2.68 bits per heavy atom. The molecule has 1 aliphatic rings. The van der Waals surface area contributed by atoms with Crippen LogP contribution >= 0.6 is 0 Å². The second-order valence-corrected chi connectivity index (χ2v) is 6.10. The predicted molar refractivity (Wildman–Crippen MR) is 81.4 cm³/mol. The van der Waals surface area contributed by atoms with E-state index in [1.165, 1.54) is 16.7 Å². The summed E-state index contributed by atoms with van der Waals surface area (Å²) in [6.45, 7) is 7.72. The van der Waals surface area contributed by atoms with Gasteiger partial charge in [-0.05, 0) is 45.5 Å². The number of rotatable bonds is 3. The Bertz CT molecular complexity index is 430. The van der Waals surface area contributed by atoms with Gasteiger partial charge in [0.25, 0.3) is 0 Å². The van der Waals surface area contributed by atoms with Gasteiger partial charge in [-0.1, -0.05) is 23.8 Å². The van der Waals surface area contributed by atoms with Crippen molar-refractivity contribution in [1.82, 2.24) is 9.80 Å². The number of piperazine rings is 1. The first kappa shape index (κ1) is 14.5. The minimum atomic E-state index is 0.138. The summed E-state index contributed by atoms with van der Waals surface area (Å²) in [6.07, 6.45) is 1.03. The van der Waals surface area contributed by atoms with Gasteiger partial charge in [-0.3, -0.25) is 0 Å². The topological polar surface area (TPSA) is 32.5 Å². The van der Waals surface area contributed by atoms with Gasteiger partial charge in [-0.25, -0.2) is 0 Å². The van der Waals surface area contributed by atoms with E-state index in [1.54, 1.807) is 0 Å².